The second kappa shape index (κ2) is 6.47. The van der Waals surface area contributed by atoms with Crippen LogP contribution < -0.4 is 5.73 Å². The molecular weight excluding hydrogens is 266 g/mol. The molecule has 6 nitrogen and oxygen atoms in total. The Morgan fingerprint density at radius 1 is 1.29 bits per heavy atom. The summed E-state index contributed by atoms with van der Waals surface area (Å²) in [7, 11) is 0. The highest BCUT2D eigenvalue weighted by Gasteiger charge is 2.28. The maximum atomic E-state index is 12.7. The molecule has 0 bridgehead atoms. The molecule has 1 aliphatic rings. The van der Waals surface area contributed by atoms with Gasteiger partial charge in [-0.25, -0.2) is 0 Å². The zero-order valence-corrected chi connectivity index (χ0v) is 13.6. The first kappa shape index (κ1) is 15.8. The molecule has 1 saturated heterocycles. The zero-order valence-electron chi connectivity index (χ0n) is 13.6. The molecule has 21 heavy (non-hydrogen) atoms. The third-order valence-electron chi connectivity index (χ3n) is 4.49. The van der Waals surface area contributed by atoms with Crippen molar-refractivity contribution in [2.75, 3.05) is 31.9 Å². The number of carbonyl (C=O) groups excluding carboxylic acids is 1. The van der Waals surface area contributed by atoms with Gasteiger partial charge in [0.2, 0.25) is 0 Å². The van der Waals surface area contributed by atoms with E-state index in [0.29, 0.717) is 24.0 Å². The van der Waals surface area contributed by atoms with Crippen LogP contribution in [-0.2, 0) is 6.54 Å². The average Bonchev–Trinajstić information content (AvgIpc) is 2.81. The summed E-state index contributed by atoms with van der Waals surface area (Å²) in [6, 6.07) is 0.579. The van der Waals surface area contributed by atoms with Gasteiger partial charge in [0.05, 0.1) is 11.4 Å². The number of anilines is 1. The Kier molecular flexibility index (Phi) is 4.88. The lowest BCUT2D eigenvalue weighted by atomic mass is 10.2. The van der Waals surface area contributed by atoms with Crippen molar-refractivity contribution in [1.82, 2.24) is 19.6 Å². The number of nitrogen functional groups attached to an aromatic ring is 1. The monoisotopic (exact) mass is 293 g/mol. The quantitative estimate of drug-likeness (QED) is 0.910. The number of rotatable bonds is 4. The van der Waals surface area contributed by atoms with E-state index in [9.17, 15) is 4.79 Å². The minimum absolute atomic E-state index is 0.0127. The van der Waals surface area contributed by atoms with Crippen molar-refractivity contribution in [3.8, 4) is 0 Å². The van der Waals surface area contributed by atoms with Crippen LogP contribution in [0, 0.1) is 6.92 Å². The zero-order chi connectivity index (χ0) is 15.6. The second-order valence-corrected chi connectivity index (χ2v) is 5.75. The number of aryl methyl sites for hydroxylation is 2. The highest BCUT2D eigenvalue weighted by molar-refractivity contribution is 5.98. The molecule has 0 radical (unpaired) electrons. The highest BCUT2D eigenvalue weighted by Crippen LogP contribution is 2.20. The fraction of sp³-hybridized carbons (Fsp3) is 0.733. The molecule has 1 aromatic rings. The lowest BCUT2D eigenvalue weighted by Gasteiger charge is -2.37. The van der Waals surface area contributed by atoms with Gasteiger partial charge >= 0.3 is 0 Å². The molecule has 6 heteroatoms. The van der Waals surface area contributed by atoms with Crippen molar-refractivity contribution in [2.45, 2.75) is 46.7 Å². The fourth-order valence-corrected chi connectivity index (χ4v) is 2.82. The molecule has 0 aromatic carbocycles. The normalized spacial score (nSPS) is 18.0. The molecule has 1 aliphatic heterocycles. The summed E-state index contributed by atoms with van der Waals surface area (Å²) in [4.78, 5) is 17.1. The Hall–Kier alpha value is -1.56. The predicted octanol–water partition coefficient (Wildman–Crippen LogP) is 1.35. The van der Waals surface area contributed by atoms with E-state index in [-0.39, 0.29) is 5.91 Å². The first-order valence-electron chi connectivity index (χ1n) is 7.85. The molecule has 0 saturated carbocycles. The molecule has 1 amide bonds. The van der Waals surface area contributed by atoms with Gasteiger partial charge < -0.3 is 10.6 Å². The molecule has 0 spiro atoms. The number of nitrogens with zero attached hydrogens (tertiary/aromatic N) is 4. The number of nitrogens with two attached hydrogens (primary N) is 1. The maximum Gasteiger partial charge on any atom is 0.274 e. The molecule has 118 valence electrons. The smallest absolute Gasteiger partial charge is 0.274 e. The van der Waals surface area contributed by atoms with E-state index in [4.69, 9.17) is 5.73 Å². The van der Waals surface area contributed by atoms with E-state index in [1.165, 1.54) is 0 Å². The number of hydrogen-bond acceptors (Lipinski definition) is 4. The third kappa shape index (κ3) is 3.05. The van der Waals surface area contributed by atoms with Crippen LogP contribution >= 0.6 is 0 Å². The summed E-state index contributed by atoms with van der Waals surface area (Å²) in [5.41, 5.74) is 7.84. The Labute approximate surface area is 126 Å². The van der Waals surface area contributed by atoms with Crippen LogP contribution in [0.3, 0.4) is 0 Å². The Morgan fingerprint density at radius 3 is 2.43 bits per heavy atom. The topological polar surface area (TPSA) is 67.4 Å². The standard InChI is InChI=1S/C15H27N5O/c1-5-11(3)18-7-9-19(10-8-18)15(21)14-13(16)12(4)17-20(14)6-2/h11H,5-10,16H2,1-4H3. The van der Waals surface area contributed by atoms with Crippen LogP contribution in [0.2, 0.25) is 0 Å². The van der Waals surface area contributed by atoms with Crippen LogP contribution in [-0.4, -0.2) is 57.7 Å². The third-order valence-corrected chi connectivity index (χ3v) is 4.49. The summed E-state index contributed by atoms with van der Waals surface area (Å²) >= 11 is 0. The number of hydrogen-bond donors (Lipinski definition) is 1. The van der Waals surface area contributed by atoms with Crippen LogP contribution in [0.1, 0.15) is 43.4 Å². The number of aromatic nitrogens is 2. The van der Waals surface area contributed by atoms with Crippen molar-refractivity contribution in [1.29, 1.82) is 0 Å². The van der Waals surface area contributed by atoms with E-state index in [1.807, 2.05) is 18.7 Å². The van der Waals surface area contributed by atoms with E-state index >= 15 is 0 Å². The molecule has 2 heterocycles. The van der Waals surface area contributed by atoms with Gasteiger partial charge in [-0.3, -0.25) is 14.4 Å². The summed E-state index contributed by atoms with van der Waals surface area (Å²) in [6.07, 6.45) is 1.14. The van der Waals surface area contributed by atoms with Crippen LogP contribution in [0.15, 0.2) is 0 Å². The molecule has 1 atom stereocenters. The Morgan fingerprint density at radius 2 is 1.90 bits per heavy atom. The summed E-state index contributed by atoms with van der Waals surface area (Å²) < 4.78 is 1.72. The van der Waals surface area contributed by atoms with E-state index in [1.54, 1.807) is 4.68 Å². The molecule has 1 fully saturated rings. The minimum atomic E-state index is 0.0127. The minimum Gasteiger partial charge on any atom is -0.395 e. The second-order valence-electron chi connectivity index (χ2n) is 5.75. The van der Waals surface area contributed by atoms with E-state index < -0.39 is 0 Å². The Bertz CT molecular complexity index is 502. The van der Waals surface area contributed by atoms with Crippen molar-refractivity contribution < 1.29 is 4.79 Å². The summed E-state index contributed by atoms with van der Waals surface area (Å²) in [5, 5.41) is 4.33. The van der Waals surface area contributed by atoms with Crippen molar-refractivity contribution in [3.63, 3.8) is 0 Å². The van der Waals surface area contributed by atoms with Gasteiger partial charge in [-0.2, -0.15) is 5.10 Å². The summed E-state index contributed by atoms with van der Waals surface area (Å²) in [5.74, 6) is 0.0127. The van der Waals surface area contributed by atoms with E-state index in [0.717, 1.165) is 38.3 Å². The average molecular weight is 293 g/mol. The van der Waals surface area contributed by atoms with Crippen LogP contribution in [0.4, 0.5) is 5.69 Å². The largest absolute Gasteiger partial charge is 0.395 e. The van der Waals surface area contributed by atoms with Gasteiger partial charge in [0.15, 0.2) is 0 Å². The first-order chi connectivity index (χ1) is 9.99. The van der Waals surface area contributed by atoms with Crippen molar-refractivity contribution in [3.05, 3.63) is 11.4 Å². The highest BCUT2D eigenvalue weighted by atomic mass is 16.2. The SMILES string of the molecule is CCC(C)N1CCN(C(=O)c2c(N)c(C)nn2CC)CC1. The van der Waals surface area contributed by atoms with Gasteiger partial charge in [-0.15, -0.1) is 0 Å². The molecular formula is C15H27N5O. The first-order valence-corrected chi connectivity index (χ1v) is 7.85. The maximum absolute atomic E-state index is 12.7. The summed E-state index contributed by atoms with van der Waals surface area (Å²) in [6.45, 7) is 12.3. The number of amides is 1. The fourth-order valence-electron chi connectivity index (χ4n) is 2.82. The molecule has 1 aromatic heterocycles. The molecule has 1 unspecified atom stereocenters. The molecule has 2 rings (SSSR count). The lowest BCUT2D eigenvalue weighted by Crippen LogP contribution is -2.51. The van der Waals surface area contributed by atoms with E-state index in [2.05, 4.69) is 23.8 Å². The van der Waals surface area contributed by atoms with Crippen molar-refractivity contribution >= 4 is 11.6 Å². The van der Waals surface area contributed by atoms with Gasteiger partial charge in [0.1, 0.15) is 5.69 Å². The lowest BCUT2D eigenvalue weighted by molar-refractivity contribution is 0.0569. The van der Waals surface area contributed by atoms with Gasteiger partial charge in [-0.1, -0.05) is 6.92 Å². The molecule has 0 aliphatic carbocycles. The van der Waals surface area contributed by atoms with Gasteiger partial charge in [0, 0.05) is 38.8 Å². The molecule has 2 N–H and O–H groups in total. The Balaban J connectivity index is 2.09. The number of piperazine rings is 1. The van der Waals surface area contributed by atoms with Crippen molar-refractivity contribution in [2.24, 2.45) is 0 Å². The number of carbonyl (C=O) groups is 1. The predicted molar refractivity (Wildman–Crippen MR) is 84.3 cm³/mol. The van der Waals surface area contributed by atoms with Gasteiger partial charge in [-0.05, 0) is 27.2 Å². The van der Waals surface area contributed by atoms with Crippen LogP contribution in [0.25, 0.3) is 0 Å². The van der Waals surface area contributed by atoms with Gasteiger partial charge in [0.25, 0.3) is 5.91 Å². The van der Waals surface area contributed by atoms with Crippen LogP contribution in [0.5, 0.6) is 0 Å².